The van der Waals surface area contributed by atoms with Crippen LogP contribution in [0.3, 0.4) is 0 Å². The summed E-state index contributed by atoms with van der Waals surface area (Å²) >= 11 is 0. The average molecular weight is 230 g/mol. The molecule has 0 spiro atoms. The molecule has 2 rings (SSSR count). The van der Waals surface area contributed by atoms with E-state index in [1.165, 1.54) is 12.1 Å². The van der Waals surface area contributed by atoms with Crippen molar-refractivity contribution in [2.75, 3.05) is 17.7 Å². The van der Waals surface area contributed by atoms with Gasteiger partial charge in [-0.3, -0.25) is 0 Å². The van der Waals surface area contributed by atoms with E-state index >= 15 is 0 Å². The highest BCUT2D eigenvalue weighted by atomic mass is 19.1. The molecular weight excluding hydrogens is 215 g/mol. The van der Waals surface area contributed by atoms with Gasteiger partial charge in [-0.1, -0.05) is 12.1 Å². The van der Waals surface area contributed by atoms with E-state index in [2.05, 4.69) is 0 Å². The van der Waals surface area contributed by atoms with E-state index in [9.17, 15) is 4.39 Å². The number of hydrogen-bond acceptors (Lipinski definition) is 2. The van der Waals surface area contributed by atoms with Gasteiger partial charge in [0.1, 0.15) is 5.82 Å². The van der Waals surface area contributed by atoms with E-state index in [1.807, 2.05) is 43.1 Å². The summed E-state index contributed by atoms with van der Waals surface area (Å²) in [5, 5.41) is 0. The molecule has 0 aliphatic carbocycles. The molecule has 0 aliphatic rings. The van der Waals surface area contributed by atoms with Gasteiger partial charge in [-0.05, 0) is 42.8 Å². The molecule has 0 saturated carbocycles. The number of anilines is 3. The molecule has 88 valence electrons. The predicted octanol–water partition coefficient (Wildman–Crippen LogP) is 3.48. The van der Waals surface area contributed by atoms with Crippen molar-refractivity contribution in [3.8, 4) is 0 Å². The standard InChI is InChI=1S/C14H15FN2/c1-10-4-3-5-12(8-10)17(2)14-9-11(15)6-7-13(14)16/h3-9H,16H2,1-2H3. The molecule has 2 aromatic rings. The Morgan fingerprint density at radius 1 is 1.12 bits per heavy atom. The lowest BCUT2D eigenvalue weighted by molar-refractivity contribution is 0.628. The molecule has 0 saturated heterocycles. The van der Waals surface area contributed by atoms with Crippen LogP contribution in [0.15, 0.2) is 42.5 Å². The molecule has 0 aromatic heterocycles. The second kappa shape index (κ2) is 4.45. The van der Waals surface area contributed by atoms with Gasteiger partial charge >= 0.3 is 0 Å². The van der Waals surface area contributed by atoms with Gasteiger partial charge in [0, 0.05) is 12.7 Å². The maximum absolute atomic E-state index is 13.2. The van der Waals surface area contributed by atoms with Crippen molar-refractivity contribution < 1.29 is 4.39 Å². The average Bonchev–Trinajstić information content (AvgIpc) is 2.31. The first kappa shape index (κ1) is 11.5. The number of nitrogens with two attached hydrogens (primary N) is 1. The Morgan fingerprint density at radius 3 is 2.59 bits per heavy atom. The number of halogens is 1. The third-order valence-corrected chi connectivity index (χ3v) is 2.74. The Labute approximate surface area is 100 Å². The minimum absolute atomic E-state index is 0.284. The minimum Gasteiger partial charge on any atom is -0.397 e. The van der Waals surface area contributed by atoms with E-state index in [0.29, 0.717) is 11.4 Å². The van der Waals surface area contributed by atoms with Crippen molar-refractivity contribution >= 4 is 17.1 Å². The molecule has 17 heavy (non-hydrogen) atoms. The molecule has 3 heteroatoms. The molecular formula is C14H15FN2. The van der Waals surface area contributed by atoms with Crippen LogP contribution >= 0.6 is 0 Å². The molecule has 0 heterocycles. The molecule has 0 bridgehead atoms. The van der Waals surface area contributed by atoms with Gasteiger partial charge in [0.15, 0.2) is 0 Å². The molecule has 0 fully saturated rings. The van der Waals surface area contributed by atoms with E-state index in [1.54, 1.807) is 6.07 Å². The molecule has 2 aromatic carbocycles. The lowest BCUT2D eigenvalue weighted by atomic mass is 10.2. The van der Waals surface area contributed by atoms with Gasteiger partial charge < -0.3 is 10.6 Å². The number of nitrogens with zero attached hydrogens (tertiary/aromatic N) is 1. The Bertz CT molecular complexity index is 537. The fourth-order valence-corrected chi connectivity index (χ4v) is 1.78. The highest BCUT2D eigenvalue weighted by molar-refractivity contribution is 5.74. The SMILES string of the molecule is Cc1cccc(N(C)c2cc(F)ccc2N)c1. The van der Waals surface area contributed by atoms with Crippen molar-refractivity contribution in [1.29, 1.82) is 0 Å². The summed E-state index contributed by atoms with van der Waals surface area (Å²) in [5.74, 6) is -0.284. The van der Waals surface area contributed by atoms with Crippen LogP contribution in [0.5, 0.6) is 0 Å². The number of nitrogen functional groups attached to an aromatic ring is 1. The van der Waals surface area contributed by atoms with Crippen LogP contribution in [0.1, 0.15) is 5.56 Å². The summed E-state index contributed by atoms with van der Waals surface area (Å²) in [4.78, 5) is 1.88. The van der Waals surface area contributed by atoms with Crippen molar-refractivity contribution in [2.45, 2.75) is 6.92 Å². The molecule has 2 nitrogen and oxygen atoms in total. The first-order chi connectivity index (χ1) is 8.08. The minimum atomic E-state index is -0.284. The van der Waals surface area contributed by atoms with E-state index < -0.39 is 0 Å². The third kappa shape index (κ3) is 2.38. The molecule has 0 unspecified atom stereocenters. The second-order valence-corrected chi connectivity index (χ2v) is 4.10. The van der Waals surface area contributed by atoms with Gasteiger partial charge in [0.05, 0.1) is 11.4 Å². The number of benzene rings is 2. The molecule has 0 atom stereocenters. The summed E-state index contributed by atoms with van der Waals surface area (Å²) in [7, 11) is 1.87. The largest absolute Gasteiger partial charge is 0.397 e. The highest BCUT2D eigenvalue weighted by Crippen LogP contribution is 2.29. The Balaban J connectivity index is 2.43. The molecule has 0 amide bonds. The molecule has 0 radical (unpaired) electrons. The summed E-state index contributed by atoms with van der Waals surface area (Å²) in [6, 6.07) is 12.4. The number of aryl methyl sites for hydroxylation is 1. The second-order valence-electron chi connectivity index (χ2n) is 4.10. The van der Waals surface area contributed by atoms with Crippen LogP contribution in [-0.4, -0.2) is 7.05 Å². The van der Waals surface area contributed by atoms with Gasteiger partial charge in [-0.2, -0.15) is 0 Å². The lowest BCUT2D eigenvalue weighted by Gasteiger charge is -2.21. The topological polar surface area (TPSA) is 29.3 Å². The smallest absolute Gasteiger partial charge is 0.125 e. The third-order valence-electron chi connectivity index (χ3n) is 2.74. The maximum Gasteiger partial charge on any atom is 0.125 e. The monoisotopic (exact) mass is 230 g/mol. The summed E-state index contributed by atoms with van der Waals surface area (Å²) in [6.07, 6.45) is 0. The first-order valence-corrected chi connectivity index (χ1v) is 5.43. The predicted molar refractivity (Wildman–Crippen MR) is 70.1 cm³/mol. The van der Waals surface area contributed by atoms with E-state index in [0.717, 1.165) is 11.3 Å². The Hall–Kier alpha value is -2.03. The fourth-order valence-electron chi connectivity index (χ4n) is 1.78. The van der Waals surface area contributed by atoms with Crippen LogP contribution < -0.4 is 10.6 Å². The van der Waals surface area contributed by atoms with Gasteiger partial charge in [0.25, 0.3) is 0 Å². The van der Waals surface area contributed by atoms with Crippen LogP contribution in [0.2, 0.25) is 0 Å². The van der Waals surface area contributed by atoms with Crippen molar-refractivity contribution in [3.63, 3.8) is 0 Å². The fraction of sp³-hybridized carbons (Fsp3) is 0.143. The normalized spacial score (nSPS) is 10.3. The van der Waals surface area contributed by atoms with E-state index in [4.69, 9.17) is 5.73 Å². The zero-order chi connectivity index (χ0) is 12.4. The first-order valence-electron chi connectivity index (χ1n) is 5.43. The summed E-state index contributed by atoms with van der Waals surface area (Å²) < 4.78 is 13.2. The number of hydrogen-bond donors (Lipinski definition) is 1. The summed E-state index contributed by atoms with van der Waals surface area (Å²) in [5.41, 5.74) is 9.24. The van der Waals surface area contributed by atoms with Gasteiger partial charge in [-0.25, -0.2) is 4.39 Å². The van der Waals surface area contributed by atoms with Gasteiger partial charge in [0.2, 0.25) is 0 Å². The quantitative estimate of drug-likeness (QED) is 0.800. The van der Waals surface area contributed by atoms with Crippen molar-refractivity contribution in [2.24, 2.45) is 0 Å². The molecule has 2 N–H and O–H groups in total. The van der Waals surface area contributed by atoms with Crippen molar-refractivity contribution in [1.82, 2.24) is 0 Å². The Kier molecular flexibility index (Phi) is 3.00. The Morgan fingerprint density at radius 2 is 1.88 bits per heavy atom. The lowest BCUT2D eigenvalue weighted by Crippen LogP contribution is -2.12. The molecule has 0 aliphatic heterocycles. The number of rotatable bonds is 2. The highest BCUT2D eigenvalue weighted by Gasteiger charge is 2.08. The maximum atomic E-state index is 13.2. The summed E-state index contributed by atoms with van der Waals surface area (Å²) in [6.45, 7) is 2.02. The zero-order valence-corrected chi connectivity index (χ0v) is 9.94. The van der Waals surface area contributed by atoms with Gasteiger partial charge in [-0.15, -0.1) is 0 Å². The van der Waals surface area contributed by atoms with Crippen molar-refractivity contribution in [3.05, 3.63) is 53.8 Å². The zero-order valence-electron chi connectivity index (χ0n) is 9.94. The van der Waals surface area contributed by atoms with Crippen LogP contribution in [-0.2, 0) is 0 Å². The van der Waals surface area contributed by atoms with Crippen LogP contribution in [0, 0.1) is 12.7 Å². The van der Waals surface area contributed by atoms with Crippen LogP contribution in [0.25, 0.3) is 0 Å². The van der Waals surface area contributed by atoms with Crippen LogP contribution in [0.4, 0.5) is 21.5 Å². The van der Waals surface area contributed by atoms with E-state index in [-0.39, 0.29) is 5.82 Å².